The van der Waals surface area contributed by atoms with E-state index in [2.05, 4.69) is 0 Å². The van der Waals surface area contributed by atoms with Gasteiger partial charge in [-0.3, -0.25) is 0 Å². The predicted molar refractivity (Wildman–Crippen MR) is 18.2 cm³/mol. The van der Waals surface area contributed by atoms with Crippen molar-refractivity contribution in [1.82, 2.24) is 0 Å². The van der Waals surface area contributed by atoms with E-state index in [0.717, 1.165) is 0 Å². The minimum absolute atomic E-state index is 0. The minimum atomic E-state index is -10.9. The van der Waals surface area contributed by atoms with E-state index in [1.54, 1.807) is 0 Å². The molecule has 0 nitrogen and oxygen atoms in total. The van der Waals surface area contributed by atoms with Gasteiger partial charge in [-0.25, -0.2) is 0 Å². The van der Waals surface area contributed by atoms with Crippen LogP contribution in [0.1, 0.15) is 0 Å². The Morgan fingerprint density at radius 3 is 0.556 bits per heavy atom. The zero-order valence-electron chi connectivity index (χ0n) is 4.65. The Morgan fingerprint density at radius 1 is 0.556 bits per heavy atom. The third-order valence-electron chi connectivity index (χ3n) is 0. The largest absolute Gasteiger partial charge is 0 e. The normalized spacial score (nSPS) is 18.0. The molecule has 0 aromatic rings. The van der Waals surface area contributed by atoms with Crippen molar-refractivity contribution in [3.8, 4) is 0 Å². The summed E-state index contributed by atoms with van der Waals surface area (Å²) in [6.07, 6.45) is 0. The van der Waals surface area contributed by atoms with Crippen LogP contribution >= 0.6 is 0 Å². The molecule has 0 N–H and O–H groups in total. The second-order valence-corrected chi connectivity index (χ2v) is 3.34. The van der Waals surface area contributed by atoms with E-state index in [0.29, 0.717) is 0 Å². The van der Waals surface area contributed by atoms with Crippen LogP contribution < -0.4 is 0 Å². The molecule has 9 heavy (non-hydrogen) atoms. The van der Waals surface area contributed by atoms with Crippen LogP contribution in [0.3, 0.4) is 0 Å². The minimum Gasteiger partial charge on any atom is 0 e. The first-order valence-electron chi connectivity index (χ1n) is 0.857. The molecule has 0 aliphatic carbocycles. The third kappa shape index (κ3) is 87.8. The van der Waals surface area contributed by atoms with Gasteiger partial charge in [0.15, 0.2) is 0 Å². The van der Waals surface area contributed by atoms with Crippen molar-refractivity contribution in [2.75, 3.05) is 0 Å². The number of hydrogen-bond acceptors (Lipinski definition) is 0. The van der Waals surface area contributed by atoms with Gasteiger partial charge in [0.1, 0.15) is 0 Å². The summed E-state index contributed by atoms with van der Waals surface area (Å²) in [5, 5.41) is 0. The molecule has 0 saturated heterocycles. The fourth-order valence-electron chi connectivity index (χ4n) is 0. The summed E-state index contributed by atoms with van der Waals surface area (Å²) < 4.78 is 59.3. The first-order valence-corrected chi connectivity index (χ1v) is 3.53. The molecule has 0 rings (SSSR count). The Balaban J connectivity index is -0.000000180. The van der Waals surface area contributed by atoms with Gasteiger partial charge in [0.05, 0.1) is 0 Å². The molecule has 9 heteroatoms. The number of halogens is 6. The second-order valence-electron chi connectivity index (χ2n) is 0.810. The van der Waals surface area contributed by atoms with Crippen LogP contribution in [0.5, 0.6) is 0 Å². The van der Waals surface area contributed by atoms with E-state index in [4.69, 9.17) is 0 Å². The Bertz CT molecular complexity index is 69.6. The molecule has 0 amide bonds. The number of rotatable bonds is 0. The fraction of sp³-hybridized carbons (Fsp3) is 0. The Labute approximate surface area is 134 Å². The average molecular weight is 247 g/mol. The van der Waals surface area contributed by atoms with Crippen LogP contribution in [-0.4, -0.2) is 103 Å². The van der Waals surface area contributed by atoms with Gasteiger partial charge in [-0.2, -0.15) is 0 Å². The summed E-state index contributed by atoms with van der Waals surface area (Å²) in [7, 11) is 0. The zero-order chi connectivity index (χ0) is 6.41. The van der Waals surface area contributed by atoms with Crippen LogP contribution in [0.2, 0.25) is 0 Å². The van der Waals surface area contributed by atoms with Gasteiger partial charge >= 0.3 is 34.8 Å². The van der Waals surface area contributed by atoms with Crippen molar-refractivity contribution in [2.45, 2.75) is 0 Å². The van der Waals surface area contributed by atoms with E-state index >= 15 is 0 Å². The molecule has 0 heterocycles. The monoisotopic (exact) mass is 247 g/mol. The summed E-state index contributed by atoms with van der Waals surface area (Å²) in [5.74, 6) is 0. The van der Waals surface area contributed by atoms with E-state index in [1.807, 2.05) is 0 Å². The average Bonchev–Trinajstić information content (AvgIpc) is 0.592. The maximum atomic E-state index is 9.89. The fourth-order valence-corrected chi connectivity index (χ4v) is 0. The zero-order valence-corrected chi connectivity index (χ0v) is 12.1. The first-order chi connectivity index (χ1) is 2.45. The summed E-state index contributed by atoms with van der Waals surface area (Å²) >= 11 is -10.9. The molecular formula is F6K2Mn. The van der Waals surface area contributed by atoms with Gasteiger partial charge in [-0.1, -0.05) is 0 Å². The molecule has 0 saturated carbocycles. The Morgan fingerprint density at radius 2 is 0.556 bits per heavy atom. The summed E-state index contributed by atoms with van der Waals surface area (Å²) in [5.41, 5.74) is 0. The second kappa shape index (κ2) is 3.62. The first kappa shape index (κ1) is 18.2. The third-order valence-corrected chi connectivity index (χ3v) is 0. The van der Waals surface area contributed by atoms with Crippen molar-refractivity contribution in [3.05, 3.63) is 0 Å². The van der Waals surface area contributed by atoms with Crippen molar-refractivity contribution >= 4 is 103 Å². The van der Waals surface area contributed by atoms with Crippen molar-refractivity contribution in [1.29, 1.82) is 0 Å². The maximum Gasteiger partial charge on any atom is 0 e. The molecule has 0 aliphatic rings. The van der Waals surface area contributed by atoms with Gasteiger partial charge in [0, 0.05) is 103 Å². The summed E-state index contributed by atoms with van der Waals surface area (Å²) in [4.78, 5) is 0. The van der Waals surface area contributed by atoms with Crippen LogP contribution in [-0.2, 0) is 13.5 Å². The molecule has 0 aromatic carbocycles. The molecular weight excluding hydrogens is 247 g/mol. The SMILES string of the molecule is [F][Mn]([F])([F])([F])([F])[F].[K].[K]. The van der Waals surface area contributed by atoms with Crippen LogP contribution in [0.15, 0.2) is 0 Å². The molecule has 0 aromatic heterocycles. The molecule has 0 unspecified atom stereocenters. The van der Waals surface area contributed by atoms with E-state index in [9.17, 15) is 21.3 Å². The Kier molecular flexibility index (Phi) is 7.34. The van der Waals surface area contributed by atoms with Crippen LogP contribution in [0.4, 0.5) is 21.3 Å². The smallest absolute Gasteiger partial charge is 0 e. The number of hydrogen-bond donors (Lipinski definition) is 0. The summed E-state index contributed by atoms with van der Waals surface area (Å²) in [6.45, 7) is 0. The van der Waals surface area contributed by atoms with Crippen LogP contribution in [0.25, 0.3) is 0 Å². The molecule has 2 radical (unpaired) electrons. The Hall–Kier alpha value is 3.37. The van der Waals surface area contributed by atoms with Gasteiger partial charge in [-0.15, -0.1) is 0 Å². The van der Waals surface area contributed by atoms with Crippen molar-refractivity contribution in [2.24, 2.45) is 0 Å². The van der Waals surface area contributed by atoms with Gasteiger partial charge in [0.2, 0.25) is 0 Å². The molecule has 0 atom stereocenters. The molecule has 51 valence electrons. The molecule has 0 fully saturated rings. The van der Waals surface area contributed by atoms with E-state index in [-0.39, 0.29) is 103 Å². The van der Waals surface area contributed by atoms with Crippen molar-refractivity contribution in [3.63, 3.8) is 0 Å². The standard InChI is InChI=1S/6FH.2K.Mn/h6*1H;;;/q;;;;;;;;+6/p-6. The topological polar surface area (TPSA) is 0 Å². The predicted octanol–water partition coefficient (Wildman–Crippen LogP) is 1.76. The van der Waals surface area contributed by atoms with Gasteiger partial charge < -0.3 is 0 Å². The van der Waals surface area contributed by atoms with E-state index in [1.165, 1.54) is 0 Å². The molecule has 0 aliphatic heterocycles. The summed E-state index contributed by atoms with van der Waals surface area (Å²) in [6, 6.07) is 0. The molecule has 0 bridgehead atoms. The van der Waals surface area contributed by atoms with E-state index < -0.39 is 13.5 Å². The van der Waals surface area contributed by atoms with Gasteiger partial charge in [-0.05, 0) is 0 Å². The quantitative estimate of drug-likeness (QED) is 0.452. The molecule has 0 spiro atoms. The van der Waals surface area contributed by atoms with Gasteiger partial charge in [0.25, 0.3) is 0 Å². The maximum absolute atomic E-state index is 10.9. The van der Waals surface area contributed by atoms with Crippen molar-refractivity contribution < 1.29 is 34.8 Å². The van der Waals surface area contributed by atoms with Crippen LogP contribution in [0, 0.1) is 0 Å².